The molecule has 0 bridgehead atoms. The van der Waals surface area contributed by atoms with Gasteiger partial charge in [-0.15, -0.1) is 0 Å². The van der Waals surface area contributed by atoms with Crippen LogP contribution in [-0.2, 0) is 16.0 Å². The molecule has 0 spiro atoms. The fourth-order valence-corrected chi connectivity index (χ4v) is 3.69. The molecular formula is C20H24ClFN4O3. The summed E-state index contributed by atoms with van der Waals surface area (Å²) in [5.74, 6) is -0.667. The van der Waals surface area contributed by atoms with Gasteiger partial charge in [-0.25, -0.2) is 14.2 Å². The highest BCUT2D eigenvalue weighted by Gasteiger charge is 2.35. The molecule has 0 saturated heterocycles. The smallest absolute Gasteiger partial charge is 0.318 e. The second-order valence-corrected chi connectivity index (χ2v) is 7.33. The number of halogens is 2. The second-order valence-electron chi connectivity index (χ2n) is 6.90. The number of nitrogens with one attached hydrogen (secondary N) is 2. The van der Waals surface area contributed by atoms with E-state index in [1.165, 1.54) is 19.2 Å². The van der Waals surface area contributed by atoms with Crippen molar-refractivity contribution in [1.82, 2.24) is 20.2 Å². The van der Waals surface area contributed by atoms with Crippen molar-refractivity contribution in [2.75, 3.05) is 20.2 Å². The molecule has 9 heteroatoms. The summed E-state index contributed by atoms with van der Waals surface area (Å²) in [7, 11) is 1.37. The number of nitrogens with zero attached hydrogens (tertiary/aromatic N) is 2. The van der Waals surface area contributed by atoms with Crippen LogP contribution in [0, 0.1) is 5.82 Å². The Labute approximate surface area is 173 Å². The molecular weight excluding hydrogens is 399 g/mol. The van der Waals surface area contributed by atoms with Gasteiger partial charge in [0.05, 0.1) is 19.1 Å². The van der Waals surface area contributed by atoms with Crippen molar-refractivity contribution < 1.29 is 18.7 Å². The fraction of sp³-hybridized carbons (Fsp3) is 0.450. The maximum atomic E-state index is 14.6. The highest BCUT2D eigenvalue weighted by molar-refractivity contribution is 6.30. The number of amides is 2. The molecule has 0 aliphatic carbocycles. The van der Waals surface area contributed by atoms with Gasteiger partial charge in [-0.05, 0) is 31.0 Å². The standard InChI is InChI=1S/C20H24ClFN4O3/c1-29-17(27)5-3-2-4-9-23-20(28)26-10-8-16-18(25-12-24-16)19(26)14-11-13(21)6-7-15(14)22/h6-7,11-12,19H,2-5,8-10H2,1H3,(H,23,28)(H,24,25). The normalized spacial score (nSPS) is 15.7. The van der Waals surface area contributed by atoms with E-state index in [-0.39, 0.29) is 12.0 Å². The summed E-state index contributed by atoms with van der Waals surface area (Å²) >= 11 is 6.08. The van der Waals surface area contributed by atoms with Crippen molar-refractivity contribution in [3.05, 3.63) is 52.3 Å². The Balaban J connectivity index is 1.66. The lowest BCUT2D eigenvalue weighted by Gasteiger charge is -2.35. The highest BCUT2D eigenvalue weighted by Crippen LogP contribution is 2.35. The van der Waals surface area contributed by atoms with Gasteiger partial charge < -0.3 is 19.9 Å². The number of carbonyl (C=O) groups is 2. The number of imidazole rings is 1. The Kier molecular flexibility index (Phi) is 7.09. The lowest BCUT2D eigenvalue weighted by molar-refractivity contribution is -0.140. The van der Waals surface area contributed by atoms with E-state index in [9.17, 15) is 14.0 Å². The number of esters is 1. The first-order chi connectivity index (χ1) is 14.0. The molecule has 156 valence electrons. The third-order valence-electron chi connectivity index (χ3n) is 5.00. The third-order valence-corrected chi connectivity index (χ3v) is 5.24. The number of aromatic amines is 1. The SMILES string of the molecule is COC(=O)CCCCCNC(=O)N1CCc2[nH]cnc2C1c1cc(Cl)ccc1F. The highest BCUT2D eigenvalue weighted by atomic mass is 35.5. The van der Waals surface area contributed by atoms with Crippen LogP contribution in [0.25, 0.3) is 0 Å². The average Bonchev–Trinajstić information content (AvgIpc) is 3.20. The number of hydrogen-bond acceptors (Lipinski definition) is 4. The lowest BCUT2D eigenvalue weighted by Crippen LogP contribution is -2.46. The van der Waals surface area contributed by atoms with Crippen molar-refractivity contribution in [2.45, 2.75) is 38.1 Å². The van der Waals surface area contributed by atoms with E-state index in [1.54, 1.807) is 17.3 Å². The van der Waals surface area contributed by atoms with Crippen LogP contribution in [0.2, 0.25) is 5.02 Å². The van der Waals surface area contributed by atoms with Crippen molar-refractivity contribution >= 4 is 23.6 Å². The summed E-state index contributed by atoms with van der Waals surface area (Å²) in [6.45, 7) is 0.897. The zero-order valence-electron chi connectivity index (χ0n) is 16.2. The largest absolute Gasteiger partial charge is 0.469 e. The number of ether oxygens (including phenoxy) is 1. The maximum absolute atomic E-state index is 14.6. The molecule has 2 amide bonds. The van der Waals surface area contributed by atoms with Crippen LogP contribution in [0.3, 0.4) is 0 Å². The van der Waals surface area contributed by atoms with E-state index in [1.807, 2.05) is 0 Å². The summed E-state index contributed by atoms with van der Waals surface area (Å²) in [6, 6.07) is 3.39. The number of methoxy groups -OCH3 is 1. The van der Waals surface area contributed by atoms with Gasteiger partial charge in [0.25, 0.3) is 0 Å². The van der Waals surface area contributed by atoms with Gasteiger partial charge in [0, 0.05) is 42.2 Å². The second kappa shape index (κ2) is 9.73. The van der Waals surface area contributed by atoms with Gasteiger partial charge in [0.1, 0.15) is 11.9 Å². The van der Waals surface area contributed by atoms with Gasteiger partial charge in [0.15, 0.2) is 0 Å². The van der Waals surface area contributed by atoms with Gasteiger partial charge in [-0.1, -0.05) is 18.0 Å². The number of carbonyl (C=O) groups excluding carboxylic acids is 2. The number of fused-ring (bicyclic) bond motifs is 1. The third kappa shape index (κ3) is 5.06. The van der Waals surface area contributed by atoms with Crippen molar-refractivity contribution in [1.29, 1.82) is 0 Å². The number of rotatable bonds is 7. The molecule has 1 unspecified atom stereocenters. The van der Waals surface area contributed by atoms with E-state index in [2.05, 4.69) is 20.0 Å². The summed E-state index contributed by atoms with van der Waals surface area (Å²) < 4.78 is 19.2. The Morgan fingerprint density at radius 3 is 3.00 bits per heavy atom. The first kappa shape index (κ1) is 21.1. The molecule has 29 heavy (non-hydrogen) atoms. The van der Waals surface area contributed by atoms with Crippen molar-refractivity contribution in [3.63, 3.8) is 0 Å². The Morgan fingerprint density at radius 1 is 1.38 bits per heavy atom. The maximum Gasteiger partial charge on any atom is 0.318 e. The van der Waals surface area contributed by atoms with E-state index in [4.69, 9.17) is 11.6 Å². The Bertz CT molecular complexity index is 873. The quantitative estimate of drug-likeness (QED) is 0.527. The number of hydrogen-bond donors (Lipinski definition) is 2. The Morgan fingerprint density at radius 2 is 2.21 bits per heavy atom. The lowest BCUT2D eigenvalue weighted by atomic mass is 9.95. The van der Waals surface area contributed by atoms with Crippen LogP contribution in [0.1, 0.15) is 48.7 Å². The molecule has 1 atom stereocenters. The number of urea groups is 1. The zero-order valence-corrected chi connectivity index (χ0v) is 17.0. The molecule has 2 aromatic rings. The minimum absolute atomic E-state index is 0.233. The van der Waals surface area contributed by atoms with Crippen LogP contribution in [-0.4, -0.2) is 47.1 Å². The monoisotopic (exact) mass is 422 g/mol. The van der Waals surface area contributed by atoms with Crippen LogP contribution < -0.4 is 5.32 Å². The van der Waals surface area contributed by atoms with E-state index < -0.39 is 11.9 Å². The number of H-pyrrole nitrogens is 1. The van der Waals surface area contributed by atoms with E-state index in [0.717, 1.165) is 18.5 Å². The first-order valence-electron chi connectivity index (χ1n) is 9.59. The van der Waals surface area contributed by atoms with Gasteiger partial charge in [-0.3, -0.25) is 4.79 Å². The molecule has 1 aliphatic rings. The molecule has 1 aromatic carbocycles. The number of benzene rings is 1. The van der Waals surface area contributed by atoms with Crippen molar-refractivity contribution in [2.24, 2.45) is 0 Å². The predicted molar refractivity (Wildman–Crippen MR) is 106 cm³/mol. The fourth-order valence-electron chi connectivity index (χ4n) is 3.50. The molecule has 0 radical (unpaired) electrons. The predicted octanol–water partition coefficient (Wildman–Crippen LogP) is 3.59. The minimum Gasteiger partial charge on any atom is -0.469 e. The topological polar surface area (TPSA) is 87.3 Å². The summed E-state index contributed by atoms with van der Waals surface area (Å²) in [6.07, 6.45) is 4.78. The van der Waals surface area contributed by atoms with Gasteiger partial charge >= 0.3 is 12.0 Å². The summed E-state index contributed by atoms with van der Waals surface area (Å²) in [5.41, 5.74) is 1.84. The molecule has 0 fully saturated rings. The van der Waals surface area contributed by atoms with Gasteiger partial charge in [-0.2, -0.15) is 0 Å². The molecule has 7 nitrogen and oxygen atoms in total. The Hall–Kier alpha value is -2.61. The van der Waals surface area contributed by atoms with Crippen LogP contribution in [0.15, 0.2) is 24.5 Å². The molecule has 2 heterocycles. The van der Waals surface area contributed by atoms with Crippen LogP contribution in [0.5, 0.6) is 0 Å². The van der Waals surface area contributed by atoms with Crippen LogP contribution in [0.4, 0.5) is 9.18 Å². The summed E-state index contributed by atoms with van der Waals surface area (Å²) in [5, 5.41) is 3.29. The zero-order chi connectivity index (χ0) is 20.8. The van der Waals surface area contributed by atoms with Crippen molar-refractivity contribution in [3.8, 4) is 0 Å². The number of unbranched alkanes of at least 4 members (excludes halogenated alkanes) is 2. The molecule has 2 N–H and O–H groups in total. The van der Waals surface area contributed by atoms with E-state index >= 15 is 0 Å². The molecule has 1 aromatic heterocycles. The van der Waals surface area contributed by atoms with E-state index in [0.29, 0.717) is 48.6 Å². The number of aromatic nitrogens is 2. The molecule has 0 saturated carbocycles. The molecule has 1 aliphatic heterocycles. The molecule has 3 rings (SSSR count). The minimum atomic E-state index is -0.650. The summed E-state index contributed by atoms with van der Waals surface area (Å²) in [4.78, 5) is 32.9. The first-order valence-corrected chi connectivity index (χ1v) is 9.97. The van der Waals surface area contributed by atoms with Gasteiger partial charge in [0.2, 0.25) is 0 Å². The van der Waals surface area contributed by atoms with Crippen LogP contribution >= 0.6 is 11.6 Å². The average molecular weight is 423 g/mol.